The van der Waals surface area contributed by atoms with E-state index in [0.29, 0.717) is 0 Å². The molecule has 0 aromatic carbocycles. The number of aromatic nitrogens is 2. The number of imidazole rings is 1. The molecule has 18 heavy (non-hydrogen) atoms. The van der Waals surface area contributed by atoms with Crippen LogP contribution in [0.5, 0.6) is 0 Å². The monoisotopic (exact) mass is 285 g/mol. The van der Waals surface area contributed by atoms with Gasteiger partial charge < -0.3 is 5.32 Å². The van der Waals surface area contributed by atoms with Gasteiger partial charge in [0.1, 0.15) is 0 Å². The van der Waals surface area contributed by atoms with Crippen molar-refractivity contribution in [3.63, 3.8) is 0 Å². The second-order valence-electron chi connectivity index (χ2n) is 4.45. The predicted molar refractivity (Wildman–Crippen MR) is 77.8 cm³/mol. The molecule has 2 rings (SSSR count). The smallest absolute Gasteiger partial charge is 0.194 e. The Morgan fingerprint density at radius 3 is 3.00 bits per heavy atom. The molecule has 4 nitrogen and oxygen atoms in total. The van der Waals surface area contributed by atoms with E-state index < -0.39 is 10.8 Å². The number of hydrogen-bond acceptors (Lipinski definition) is 4. The Bertz CT molecular complexity index is 559. The average molecular weight is 285 g/mol. The van der Waals surface area contributed by atoms with Crippen molar-refractivity contribution in [2.45, 2.75) is 26.8 Å². The zero-order chi connectivity index (χ0) is 13.1. The minimum Gasteiger partial charge on any atom is -0.311 e. The molecule has 100 valence electrons. The molecule has 0 aliphatic rings. The summed E-state index contributed by atoms with van der Waals surface area (Å²) in [4.78, 5) is 6.90. The first kappa shape index (κ1) is 13.7. The molecule has 0 aliphatic carbocycles. The molecule has 1 N–H and O–H groups in total. The van der Waals surface area contributed by atoms with E-state index >= 15 is 0 Å². The molecule has 0 aliphatic heterocycles. The predicted octanol–water partition coefficient (Wildman–Crippen LogP) is 1.87. The van der Waals surface area contributed by atoms with Crippen LogP contribution >= 0.6 is 11.3 Å². The fourth-order valence-electron chi connectivity index (χ4n) is 1.93. The maximum atomic E-state index is 10.9. The topological polar surface area (TPSA) is 46.4 Å². The summed E-state index contributed by atoms with van der Waals surface area (Å²) in [5, 5.41) is 3.39. The van der Waals surface area contributed by atoms with E-state index in [1.807, 2.05) is 6.92 Å². The summed E-state index contributed by atoms with van der Waals surface area (Å²) in [6.45, 7) is 5.87. The van der Waals surface area contributed by atoms with Crippen molar-refractivity contribution >= 4 is 27.1 Å². The van der Waals surface area contributed by atoms with E-state index in [0.717, 1.165) is 35.9 Å². The second kappa shape index (κ2) is 5.95. The minimum atomic E-state index is -0.685. The van der Waals surface area contributed by atoms with Crippen molar-refractivity contribution in [3.8, 4) is 0 Å². The SMILES string of the molecule is Cc1cn2c(CNCCCS(C)=O)c(C)nc2s1. The highest BCUT2D eigenvalue weighted by Crippen LogP contribution is 2.20. The maximum Gasteiger partial charge on any atom is 0.194 e. The fraction of sp³-hybridized carbons (Fsp3) is 0.583. The van der Waals surface area contributed by atoms with E-state index in [4.69, 9.17) is 0 Å². The van der Waals surface area contributed by atoms with Crippen LogP contribution in [0.3, 0.4) is 0 Å². The van der Waals surface area contributed by atoms with Gasteiger partial charge in [-0.25, -0.2) is 4.98 Å². The van der Waals surface area contributed by atoms with Crippen molar-refractivity contribution in [2.75, 3.05) is 18.6 Å². The average Bonchev–Trinajstić information content (AvgIpc) is 2.75. The lowest BCUT2D eigenvalue weighted by Crippen LogP contribution is -2.18. The van der Waals surface area contributed by atoms with E-state index in [1.54, 1.807) is 17.6 Å². The van der Waals surface area contributed by atoms with Crippen LogP contribution < -0.4 is 5.32 Å². The molecule has 6 heteroatoms. The van der Waals surface area contributed by atoms with Gasteiger partial charge >= 0.3 is 0 Å². The van der Waals surface area contributed by atoms with Crippen molar-refractivity contribution in [2.24, 2.45) is 0 Å². The van der Waals surface area contributed by atoms with Gasteiger partial charge in [0, 0.05) is 40.4 Å². The molecule has 0 saturated heterocycles. The van der Waals surface area contributed by atoms with E-state index in [9.17, 15) is 4.21 Å². The van der Waals surface area contributed by atoms with Crippen LogP contribution in [0.1, 0.15) is 22.7 Å². The normalized spacial score (nSPS) is 13.3. The number of nitrogens with zero attached hydrogens (tertiary/aromatic N) is 2. The summed E-state index contributed by atoms with van der Waals surface area (Å²) in [7, 11) is -0.685. The zero-order valence-electron chi connectivity index (χ0n) is 11.0. The van der Waals surface area contributed by atoms with Gasteiger partial charge in [-0.05, 0) is 26.8 Å². The van der Waals surface area contributed by atoms with Crippen LogP contribution in [-0.4, -0.2) is 32.1 Å². The molecular formula is C12H19N3OS2. The van der Waals surface area contributed by atoms with E-state index in [2.05, 4.69) is 27.8 Å². The Labute approximate surface area is 114 Å². The summed E-state index contributed by atoms with van der Waals surface area (Å²) >= 11 is 1.72. The fourth-order valence-corrected chi connectivity index (χ4v) is 3.37. The van der Waals surface area contributed by atoms with Crippen molar-refractivity contribution in [1.29, 1.82) is 0 Å². The van der Waals surface area contributed by atoms with Gasteiger partial charge in [0.2, 0.25) is 0 Å². The molecule has 0 bridgehead atoms. The van der Waals surface area contributed by atoms with Crippen molar-refractivity contribution in [3.05, 3.63) is 22.5 Å². The molecule has 1 atom stereocenters. The van der Waals surface area contributed by atoms with Crippen LogP contribution in [-0.2, 0) is 17.3 Å². The molecule has 0 saturated carbocycles. The molecular weight excluding hydrogens is 266 g/mol. The lowest BCUT2D eigenvalue weighted by Gasteiger charge is -2.04. The van der Waals surface area contributed by atoms with Gasteiger partial charge in [-0.3, -0.25) is 8.61 Å². The number of rotatable bonds is 6. The van der Waals surface area contributed by atoms with Gasteiger partial charge in [0.15, 0.2) is 4.96 Å². The van der Waals surface area contributed by atoms with Crippen molar-refractivity contribution < 1.29 is 4.21 Å². The summed E-state index contributed by atoms with van der Waals surface area (Å²) in [6, 6.07) is 0. The Morgan fingerprint density at radius 2 is 2.28 bits per heavy atom. The molecule has 2 aromatic heterocycles. The zero-order valence-corrected chi connectivity index (χ0v) is 12.7. The van der Waals surface area contributed by atoms with Crippen LogP contribution in [0.4, 0.5) is 0 Å². The summed E-state index contributed by atoms with van der Waals surface area (Å²) in [5.41, 5.74) is 2.32. The Balaban J connectivity index is 1.94. The highest BCUT2D eigenvalue weighted by molar-refractivity contribution is 7.84. The number of fused-ring (bicyclic) bond motifs is 1. The Kier molecular flexibility index (Phi) is 4.53. The summed E-state index contributed by atoms with van der Waals surface area (Å²) in [5.74, 6) is 0.769. The third kappa shape index (κ3) is 3.18. The molecule has 0 fully saturated rings. The van der Waals surface area contributed by atoms with Crippen LogP contribution in [0.25, 0.3) is 4.96 Å². The summed E-state index contributed by atoms with van der Waals surface area (Å²) < 4.78 is 13.1. The largest absolute Gasteiger partial charge is 0.311 e. The number of aryl methyl sites for hydroxylation is 2. The number of hydrogen-bond donors (Lipinski definition) is 1. The quantitative estimate of drug-likeness (QED) is 0.824. The first-order valence-electron chi connectivity index (χ1n) is 6.02. The highest BCUT2D eigenvalue weighted by atomic mass is 32.2. The molecule has 0 amide bonds. The molecule has 0 radical (unpaired) electrons. The van der Waals surface area contributed by atoms with Crippen LogP contribution in [0.2, 0.25) is 0 Å². The lowest BCUT2D eigenvalue weighted by molar-refractivity contribution is 0.651. The van der Waals surface area contributed by atoms with Gasteiger partial charge in [0.25, 0.3) is 0 Å². The lowest BCUT2D eigenvalue weighted by atomic mass is 10.3. The number of nitrogens with one attached hydrogen (secondary N) is 1. The van der Waals surface area contributed by atoms with Gasteiger partial charge in [-0.2, -0.15) is 0 Å². The second-order valence-corrected chi connectivity index (χ2v) is 7.21. The summed E-state index contributed by atoms with van der Waals surface area (Å²) in [6.07, 6.45) is 4.84. The highest BCUT2D eigenvalue weighted by Gasteiger charge is 2.10. The standard InChI is InChI=1S/C12H19N3OS2/c1-9-8-15-11(10(2)14-12(15)17-9)7-13-5-4-6-18(3)16/h8,13H,4-7H2,1-3H3. The Hall–Kier alpha value is -0.720. The van der Waals surface area contributed by atoms with Crippen molar-refractivity contribution in [1.82, 2.24) is 14.7 Å². The number of thiazole rings is 1. The molecule has 0 spiro atoms. The first-order chi connectivity index (χ1) is 8.58. The van der Waals surface area contributed by atoms with E-state index in [1.165, 1.54) is 10.6 Å². The van der Waals surface area contributed by atoms with E-state index in [-0.39, 0.29) is 0 Å². The maximum absolute atomic E-state index is 10.9. The first-order valence-corrected chi connectivity index (χ1v) is 8.57. The molecule has 2 aromatic rings. The van der Waals surface area contributed by atoms with Gasteiger partial charge in [0.05, 0.1) is 11.4 Å². The van der Waals surface area contributed by atoms with Gasteiger partial charge in [-0.15, -0.1) is 11.3 Å². The third-order valence-electron chi connectivity index (χ3n) is 2.82. The van der Waals surface area contributed by atoms with Crippen LogP contribution in [0, 0.1) is 13.8 Å². The molecule has 1 unspecified atom stereocenters. The minimum absolute atomic E-state index is 0.685. The van der Waals surface area contributed by atoms with Gasteiger partial charge in [-0.1, -0.05) is 0 Å². The molecule has 2 heterocycles. The van der Waals surface area contributed by atoms with Crippen LogP contribution in [0.15, 0.2) is 6.20 Å². The third-order valence-corrected chi connectivity index (χ3v) is 4.58. The Morgan fingerprint density at radius 1 is 1.50 bits per heavy atom.